The summed E-state index contributed by atoms with van der Waals surface area (Å²) in [6.45, 7) is 11.1. The Morgan fingerprint density at radius 1 is 1.10 bits per heavy atom. The number of aromatic nitrogens is 3. The van der Waals surface area contributed by atoms with Gasteiger partial charge in [-0.2, -0.15) is 0 Å². The maximum atomic E-state index is 5.48. The van der Waals surface area contributed by atoms with Gasteiger partial charge in [-0.1, -0.05) is 6.07 Å². The number of anilines is 1. The van der Waals surface area contributed by atoms with Gasteiger partial charge in [0.2, 0.25) is 0 Å². The molecular weight excluding hydrogens is 364 g/mol. The molecule has 0 amide bonds. The van der Waals surface area contributed by atoms with Crippen LogP contribution in [-0.4, -0.2) is 65.6 Å². The van der Waals surface area contributed by atoms with E-state index in [9.17, 15) is 0 Å². The van der Waals surface area contributed by atoms with Gasteiger partial charge in [0.25, 0.3) is 0 Å². The average Bonchev–Trinajstić information content (AvgIpc) is 3.37. The van der Waals surface area contributed by atoms with Gasteiger partial charge in [0.15, 0.2) is 0 Å². The first-order valence-corrected chi connectivity index (χ1v) is 11.1. The van der Waals surface area contributed by atoms with E-state index in [4.69, 9.17) is 4.74 Å². The van der Waals surface area contributed by atoms with Crippen molar-refractivity contribution in [2.75, 3.05) is 50.8 Å². The summed E-state index contributed by atoms with van der Waals surface area (Å²) in [7, 11) is 0. The van der Waals surface area contributed by atoms with Crippen LogP contribution >= 0.6 is 0 Å². The fourth-order valence-electron chi connectivity index (χ4n) is 4.83. The van der Waals surface area contributed by atoms with Gasteiger partial charge in [-0.05, 0) is 49.6 Å². The quantitative estimate of drug-likeness (QED) is 0.852. The van der Waals surface area contributed by atoms with Gasteiger partial charge in [0, 0.05) is 51.4 Å². The van der Waals surface area contributed by atoms with Gasteiger partial charge < -0.3 is 19.5 Å². The maximum absolute atomic E-state index is 5.48. The van der Waals surface area contributed by atoms with Gasteiger partial charge in [-0.3, -0.25) is 4.90 Å². The molecule has 4 heterocycles. The lowest BCUT2D eigenvalue weighted by Crippen LogP contribution is -2.36. The van der Waals surface area contributed by atoms with Crippen molar-refractivity contribution < 1.29 is 4.74 Å². The van der Waals surface area contributed by atoms with E-state index in [0.29, 0.717) is 6.04 Å². The fourth-order valence-corrected chi connectivity index (χ4v) is 4.83. The zero-order chi connectivity index (χ0) is 19.6. The first kappa shape index (κ1) is 19.0. The number of rotatable bonds is 4. The summed E-state index contributed by atoms with van der Waals surface area (Å²) in [6.07, 6.45) is 3.39. The summed E-state index contributed by atoms with van der Waals surface area (Å²) in [6, 6.07) is 7.33. The van der Waals surface area contributed by atoms with Crippen LogP contribution in [-0.2, 0) is 24.2 Å². The molecule has 3 aliphatic rings. The zero-order valence-electron chi connectivity index (χ0n) is 17.4. The third kappa shape index (κ3) is 4.04. The van der Waals surface area contributed by atoms with Gasteiger partial charge >= 0.3 is 0 Å². The van der Waals surface area contributed by atoms with Crippen molar-refractivity contribution in [3.05, 3.63) is 41.0 Å². The summed E-state index contributed by atoms with van der Waals surface area (Å²) in [4.78, 5) is 4.99. The van der Waals surface area contributed by atoms with Crippen molar-refractivity contribution >= 4 is 5.69 Å². The molecular formula is C22H32N6O. The number of fused-ring (bicyclic) bond motifs is 1. The van der Waals surface area contributed by atoms with Crippen LogP contribution in [0, 0.1) is 6.92 Å². The number of aryl methyl sites for hydroxylation is 1. The van der Waals surface area contributed by atoms with Crippen LogP contribution in [0.4, 0.5) is 5.69 Å². The van der Waals surface area contributed by atoms with Crippen molar-refractivity contribution in [3.8, 4) is 0 Å². The molecule has 1 N–H and O–H groups in total. The van der Waals surface area contributed by atoms with E-state index < -0.39 is 0 Å². The second kappa shape index (κ2) is 8.42. The van der Waals surface area contributed by atoms with E-state index in [1.165, 1.54) is 29.7 Å². The molecule has 5 rings (SSSR count). The van der Waals surface area contributed by atoms with Crippen LogP contribution < -0.4 is 10.2 Å². The zero-order valence-corrected chi connectivity index (χ0v) is 17.4. The number of nitrogens with zero attached hydrogens (tertiary/aromatic N) is 5. The molecule has 156 valence electrons. The third-order valence-corrected chi connectivity index (χ3v) is 6.62. The second-order valence-electron chi connectivity index (χ2n) is 8.51. The van der Waals surface area contributed by atoms with Crippen molar-refractivity contribution in [2.24, 2.45) is 0 Å². The highest BCUT2D eigenvalue weighted by molar-refractivity contribution is 5.51. The number of hydrogen-bond donors (Lipinski definition) is 1. The van der Waals surface area contributed by atoms with Crippen molar-refractivity contribution in [1.82, 2.24) is 25.0 Å². The third-order valence-electron chi connectivity index (χ3n) is 6.62. The Bertz CT molecular complexity index is 838. The highest BCUT2D eigenvalue weighted by atomic mass is 16.5. The predicted octanol–water partition coefficient (Wildman–Crippen LogP) is 1.91. The summed E-state index contributed by atoms with van der Waals surface area (Å²) >= 11 is 0. The molecule has 0 aliphatic carbocycles. The Hall–Kier alpha value is -1.96. The van der Waals surface area contributed by atoms with E-state index in [1.807, 2.05) is 0 Å². The smallest absolute Gasteiger partial charge is 0.150 e. The van der Waals surface area contributed by atoms with Gasteiger partial charge in [-0.15, -0.1) is 10.2 Å². The van der Waals surface area contributed by atoms with Crippen LogP contribution in [0.1, 0.15) is 41.7 Å². The molecule has 0 unspecified atom stereocenters. The Morgan fingerprint density at radius 3 is 2.79 bits per heavy atom. The first-order valence-electron chi connectivity index (χ1n) is 11.1. The van der Waals surface area contributed by atoms with Crippen LogP contribution in [0.2, 0.25) is 0 Å². The number of morpholine rings is 1. The largest absolute Gasteiger partial charge is 0.378 e. The SMILES string of the molecule is Cc1cc(N2CCOCC2)ccc1CN1CCc2nnc([C@@H]3CCCN3)n2CC1. The highest BCUT2D eigenvalue weighted by Crippen LogP contribution is 2.25. The Balaban J connectivity index is 1.24. The molecule has 7 heteroatoms. The molecule has 0 spiro atoms. The van der Waals surface area contributed by atoms with E-state index in [2.05, 4.69) is 55.0 Å². The van der Waals surface area contributed by atoms with Gasteiger partial charge in [0.05, 0.1) is 19.3 Å². The monoisotopic (exact) mass is 396 g/mol. The van der Waals surface area contributed by atoms with Gasteiger partial charge in [0.1, 0.15) is 11.6 Å². The Labute approximate surface area is 173 Å². The van der Waals surface area contributed by atoms with Crippen LogP contribution in [0.15, 0.2) is 18.2 Å². The Morgan fingerprint density at radius 2 is 2.00 bits per heavy atom. The summed E-state index contributed by atoms with van der Waals surface area (Å²) in [5.41, 5.74) is 4.14. The highest BCUT2D eigenvalue weighted by Gasteiger charge is 2.26. The summed E-state index contributed by atoms with van der Waals surface area (Å²) < 4.78 is 7.86. The standard InChI is InChI=1S/C22H32N6O/c1-17-15-19(27-11-13-29-14-12-27)5-4-18(17)16-26-8-6-21-24-25-22(28(21)10-9-26)20-3-2-7-23-20/h4-5,15,20,23H,2-3,6-14,16H2,1H3/t20-/m0/s1. The first-order chi connectivity index (χ1) is 14.3. The molecule has 3 aliphatic heterocycles. The van der Waals surface area contributed by atoms with Gasteiger partial charge in [-0.25, -0.2) is 0 Å². The lowest BCUT2D eigenvalue weighted by atomic mass is 10.1. The lowest BCUT2D eigenvalue weighted by Gasteiger charge is -2.29. The fraction of sp³-hybridized carbons (Fsp3) is 0.636. The average molecular weight is 397 g/mol. The van der Waals surface area contributed by atoms with Crippen LogP contribution in [0.25, 0.3) is 0 Å². The molecule has 7 nitrogen and oxygen atoms in total. The van der Waals surface area contributed by atoms with Crippen molar-refractivity contribution in [1.29, 1.82) is 0 Å². The van der Waals surface area contributed by atoms with Crippen LogP contribution in [0.3, 0.4) is 0 Å². The minimum Gasteiger partial charge on any atom is -0.378 e. The molecule has 2 saturated heterocycles. The maximum Gasteiger partial charge on any atom is 0.150 e. The van der Waals surface area contributed by atoms with Crippen molar-refractivity contribution in [2.45, 2.75) is 45.3 Å². The van der Waals surface area contributed by atoms with Crippen molar-refractivity contribution in [3.63, 3.8) is 0 Å². The van der Waals surface area contributed by atoms with E-state index >= 15 is 0 Å². The molecule has 1 atom stereocenters. The molecule has 0 saturated carbocycles. The normalized spacial score (nSPS) is 23.2. The summed E-state index contributed by atoms with van der Waals surface area (Å²) in [5, 5.41) is 12.6. The minimum atomic E-state index is 0.387. The lowest BCUT2D eigenvalue weighted by molar-refractivity contribution is 0.122. The number of hydrogen-bond acceptors (Lipinski definition) is 6. The topological polar surface area (TPSA) is 58.5 Å². The molecule has 2 aromatic rings. The Kier molecular flexibility index (Phi) is 5.52. The van der Waals surface area contributed by atoms with E-state index in [-0.39, 0.29) is 0 Å². The van der Waals surface area contributed by atoms with Crippen LogP contribution in [0.5, 0.6) is 0 Å². The number of nitrogens with one attached hydrogen (secondary N) is 1. The molecule has 0 bridgehead atoms. The second-order valence-corrected chi connectivity index (χ2v) is 8.51. The molecule has 0 radical (unpaired) electrons. The number of benzene rings is 1. The molecule has 1 aromatic heterocycles. The molecule has 29 heavy (non-hydrogen) atoms. The summed E-state index contributed by atoms with van der Waals surface area (Å²) in [5.74, 6) is 2.29. The molecule has 1 aromatic carbocycles. The number of ether oxygens (including phenoxy) is 1. The van der Waals surface area contributed by atoms with E-state index in [1.54, 1.807) is 0 Å². The predicted molar refractivity (Wildman–Crippen MR) is 113 cm³/mol. The minimum absolute atomic E-state index is 0.387. The molecule has 2 fully saturated rings. The van der Waals surface area contributed by atoms with E-state index in [0.717, 1.165) is 77.1 Å².